The molecule has 1 atom stereocenters. The van der Waals surface area contributed by atoms with Gasteiger partial charge in [0.15, 0.2) is 0 Å². The van der Waals surface area contributed by atoms with Gasteiger partial charge in [0.2, 0.25) is 11.8 Å². The van der Waals surface area contributed by atoms with Crippen molar-refractivity contribution in [3.05, 3.63) is 59.6 Å². The molecule has 2 aliphatic heterocycles. The minimum atomic E-state index is -0.693. The van der Waals surface area contributed by atoms with Crippen molar-refractivity contribution in [1.29, 1.82) is 0 Å². The maximum Gasteiger partial charge on any atom is 0.270 e. The number of halogens is 1. The first-order valence-corrected chi connectivity index (χ1v) is 11.1. The summed E-state index contributed by atoms with van der Waals surface area (Å²) < 4.78 is 0. The van der Waals surface area contributed by atoms with Crippen LogP contribution < -0.4 is 16.1 Å². The average molecular weight is 469 g/mol. The summed E-state index contributed by atoms with van der Waals surface area (Å²) in [7, 11) is 0. The average Bonchev–Trinajstić information content (AvgIpc) is 3.27. The molecule has 3 N–H and O–H groups in total. The largest absolute Gasteiger partial charge is 0.368 e. The Labute approximate surface area is 196 Å². The highest BCUT2D eigenvalue weighted by molar-refractivity contribution is 6.40. The number of nitrogens with two attached hydrogens (primary N) is 1. The summed E-state index contributed by atoms with van der Waals surface area (Å²) in [6, 6.07) is 15.6. The molecule has 0 radical (unpaired) electrons. The first-order chi connectivity index (χ1) is 15.9. The van der Waals surface area contributed by atoms with E-state index in [4.69, 9.17) is 17.3 Å². The summed E-state index contributed by atoms with van der Waals surface area (Å²) in [5.41, 5.74) is 7.16. The quantitative estimate of drug-likeness (QED) is 0.668. The number of nitrogens with one attached hydrogen (secondary N) is 1. The van der Waals surface area contributed by atoms with Gasteiger partial charge in [0.1, 0.15) is 11.8 Å². The van der Waals surface area contributed by atoms with Gasteiger partial charge >= 0.3 is 0 Å². The van der Waals surface area contributed by atoms with Crippen molar-refractivity contribution in [2.45, 2.75) is 12.5 Å². The lowest BCUT2D eigenvalue weighted by molar-refractivity contribution is -0.126. The number of hydrogen-bond acceptors (Lipinski definition) is 6. The van der Waals surface area contributed by atoms with Gasteiger partial charge in [0.05, 0.1) is 22.9 Å². The fraction of sp³-hybridized carbons (Fsp3) is 0.304. The van der Waals surface area contributed by atoms with Gasteiger partial charge in [-0.25, -0.2) is 0 Å². The van der Waals surface area contributed by atoms with Gasteiger partial charge in [0, 0.05) is 32.6 Å². The molecule has 4 rings (SSSR count). The number of piperazine rings is 1. The van der Waals surface area contributed by atoms with Gasteiger partial charge in [-0.3, -0.25) is 24.3 Å². The van der Waals surface area contributed by atoms with Gasteiger partial charge in [-0.1, -0.05) is 41.9 Å². The molecule has 0 aromatic heterocycles. The van der Waals surface area contributed by atoms with Crippen LogP contribution in [0, 0.1) is 0 Å². The van der Waals surface area contributed by atoms with Crippen LogP contribution in [0.4, 0.5) is 11.4 Å². The van der Waals surface area contributed by atoms with Crippen LogP contribution in [0.15, 0.2) is 59.7 Å². The Morgan fingerprint density at radius 3 is 2.33 bits per heavy atom. The molecule has 1 fully saturated rings. The second-order valence-corrected chi connectivity index (χ2v) is 8.35. The third-order valence-corrected chi connectivity index (χ3v) is 6.01. The summed E-state index contributed by atoms with van der Waals surface area (Å²) in [5.74, 6) is -0.898. The van der Waals surface area contributed by atoms with E-state index in [1.165, 1.54) is 5.01 Å². The molecule has 0 bridgehead atoms. The monoisotopic (exact) mass is 468 g/mol. The van der Waals surface area contributed by atoms with E-state index >= 15 is 0 Å². The van der Waals surface area contributed by atoms with Crippen molar-refractivity contribution in [2.24, 2.45) is 10.8 Å². The lowest BCUT2D eigenvalue weighted by Gasteiger charge is -2.34. The van der Waals surface area contributed by atoms with Crippen molar-refractivity contribution in [1.82, 2.24) is 9.80 Å². The summed E-state index contributed by atoms with van der Waals surface area (Å²) in [4.78, 5) is 41.1. The molecule has 33 heavy (non-hydrogen) atoms. The van der Waals surface area contributed by atoms with Crippen LogP contribution in [0.3, 0.4) is 0 Å². The van der Waals surface area contributed by atoms with E-state index in [9.17, 15) is 14.4 Å². The molecule has 2 aromatic carbocycles. The Bertz CT molecular complexity index is 1070. The Balaban J connectivity index is 1.33. The first-order valence-electron chi connectivity index (χ1n) is 10.7. The highest BCUT2D eigenvalue weighted by atomic mass is 35.5. The third kappa shape index (κ3) is 5.32. The zero-order valence-corrected chi connectivity index (χ0v) is 18.7. The molecule has 2 aliphatic rings. The summed E-state index contributed by atoms with van der Waals surface area (Å²) >= 11 is 6.09. The van der Waals surface area contributed by atoms with Crippen molar-refractivity contribution in [2.75, 3.05) is 43.0 Å². The molecule has 1 unspecified atom stereocenters. The highest BCUT2D eigenvalue weighted by Crippen LogP contribution is 2.25. The molecule has 0 spiro atoms. The lowest BCUT2D eigenvalue weighted by atomic mass is 10.1. The molecule has 0 saturated carbocycles. The second kappa shape index (κ2) is 10.0. The number of nitrogens with zero attached hydrogens (tertiary/aromatic N) is 4. The maximum atomic E-state index is 13.1. The number of carbonyl (C=O) groups excluding carboxylic acids is 3. The van der Waals surface area contributed by atoms with E-state index in [2.05, 4.69) is 10.4 Å². The molecule has 10 heteroatoms. The van der Waals surface area contributed by atoms with E-state index in [1.807, 2.05) is 35.2 Å². The molecule has 2 heterocycles. The Morgan fingerprint density at radius 2 is 1.67 bits per heavy atom. The molecule has 9 nitrogen and oxygen atoms in total. The minimum absolute atomic E-state index is 0.161. The van der Waals surface area contributed by atoms with E-state index in [1.54, 1.807) is 29.2 Å². The van der Waals surface area contributed by atoms with E-state index in [0.717, 1.165) is 0 Å². The van der Waals surface area contributed by atoms with Gasteiger partial charge in [-0.05, 0) is 24.3 Å². The SMILES string of the molecule is NC(=O)C1CC(C(=O)N2CCN(CC(=O)Nc3ccccc3Cl)CC2)=NN1c1ccccc1. The topological polar surface area (TPSA) is 111 Å². The summed E-state index contributed by atoms with van der Waals surface area (Å²) in [6.07, 6.45) is 0.170. The zero-order chi connectivity index (χ0) is 23.4. The molecule has 172 valence electrons. The Kier molecular flexibility index (Phi) is 6.90. The van der Waals surface area contributed by atoms with Crippen LogP contribution in [-0.4, -0.2) is 72.0 Å². The van der Waals surface area contributed by atoms with Gasteiger partial charge in [-0.2, -0.15) is 5.10 Å². The number of amides is 3. The number of para-hydroxylation sites is 2. The molecule has 0 aliphatic carbocycles. The standard InChI is InChI=1S/C23H25ClN6O3/c24-17-8-4-5-9-18(17)26-21(31)15-28-10-12-29(13-11-28)23(33)19-14-20(22(25)32)30(27-19)16-6-2-1-3-7-16/h1-9,20H,10-15H2,(H2,25,32)(H,26,31). The predicted molar refractivity (Wildman–Crippen MR) is 127 cm³/mol. The summed E-state index contributed by atoms with van der Waals surface area (Å²) in [5, 5.41) is 9.24. The smallest absolute Gasteiger partial charge is 0.270 e. The van der Waals surface area contributed by atoms with Crippen LogP contribution in [0.5, 0.6) is 0 Å². The van der Waals surface area contributed by atoms with E-state index in [-0.39, 0.29) is 24.8 Å². The van der Waals surface area contributed by atoms with Crippen LogP contribution in [0.2, 0.25) is 5.02 Å². The van der Waals surface area contributed by atoms with E-state index in [0.29, 0.717) is 48.3 Å². The van der Waals surface area contributed by atoms with Crippen molar-refractivity contribution in [3.8, 4) is 0 Å². The number of carbonyl (C=O) groups is 3. The van der Waals surface area contributed by atoms with Crippen LogP contribution >= 0.6 is 11.6 Å². The fourth-order valence-electron chi connectivity index (χ4n) is 3.93. The lowest BCUT2D eigenvalue weighted by Crippen LogP contribution is -2.52. The number of benzene rings is 2. The number of rotatable bonds is 6. The summed E-state index contributed by atoms with van der Waals surface area (Å²) in [6.45, 7) is 2.24. The zero-order valence-electron chi connectivity index (χ0n) is 18.0. The Hall–Kier alpha value is -3.43. The van der Waals surface area contributed by atoms with Crippen molar-refractivity contribution >= 4 is 46.4 Å². The molecular formula is C23H25ClN6O3. The van der Waals surface area contributed by atoms with Crippen LogP contribution in [0.1, 0.15) is 6.42 Å². The normalized spacial score (nSPS) is 18.7. The number of hydrogen-bond donors (Lipinski definition) is 2. The highest BCUT2D eigenvalue weighted by Gasteiger charge is 2.37. The molecule has 2 aromatic rings. The Morgan fingerprint density at radius 1 is 1.00 bits per heavy atom. The molecule has 3 amide bonds. The van der Waals surface area contributed by atoms with Gasteiger partial charge in [0.25, 0.3) is 5.91 Å². The van der Waals surface area contributed by atoms with Crippen LogP contribution in [0.25, 0.3) is 0 Å². The van der Waals surface area contributed by atoms with Crippen LogP contribution in [-0.2, 0) is 14.4 Å². The maximum absolute atomic E-state index is 13.1. The predicted octanol–water partition coefficient (Wildman–Crippen LogP) is 1.54. The second-order valence-electron chi connectivity index (χ2n) is 7.95. The van der Waals surface area contributed by atoms with Gasteiger partial charge in [-0.15, -0.1) is 0 Å². The number of primary amides is 1. The third-order valence-electron chi connectivity index (χ3n) is 5.68. The molecular weight excluding hydrogens is 444 g/mol. The van der Waals surface area contributed by atoms with Crippen molar-refractivity contribution < 1.29 is 14.4 Å². The first kappa shape index (κ1) is 22.8. The number of hydrazone groups is 1. The van der Waals surface area contributed by atoms with E-state index < -0.39 is 11.9 Å². The fourth-order valence-corrected chi connectivity index (χ4v) is 4.11. The molecule has 1 saturated heterocycles. The number of anilines is 2. The van der Waals surface area contributed by atoms with Gasteiger partial charge < -0.3 is 16.0 Å². The minimum Gasteiger partial charge on any atom is -0.368 e. The van der Waals surface area contributed by atoms with Crippen molar-refractivity contribution in [3.63, 3.8) is 0 Å².